The van der Waals surface area contributed by atoms with E-state index in [2.05, 4.69) is 53.1 Å². The molecule has 2 heterocycles. The maximum absolute atomic E-state index is 12.1. The maximum atomic E-state index is 12.1. The first kappa shape index (κ1) is 46.6. The minimum Gasteiger partial charge on any atom is -0.465 e. The van der Waals surface area contributed by atoms with Crippen LogP contribution >= 0.6 is 0 Å². The van der Waals surface area contributed by atoms with Crippen molar-refractivity contribution in [1.82, 2.24) is 0 Å². The summed E-state index contributed by atoms with van der Waals surface area (Å²) in [5.41, 5.74) is 0.164. The van der Waals surface area contributed by atoms with Crippen molar-refractivity contribution >= 4 is 37.1 Å². The van der Waals surface area contributed by atoms with Gasteiger partial charge in [0.1, 0.15) is 13.2 Å². The Kier molecular flexibility index (Phi) is 22.0. The Morgan fingerprint density at radius 2 is 0.784 bits per heavy atom. The van der Waals surface area contributed by atoms with E-state index in [0.717, 1.165) is 65.0 Å². The van der Waals surface area contributed by atoms with Crippen molar-refractivity contribution in [2.45, 2.75) is 194 Å². The highest BCUT2D eigenvalue weighted by molar-refractivity contribution is 6.87. The van der Waals surface area contributed by atoms with E-state index < -0.39 is 25.2 Å². The zero-order chi connectivity index (χ0) is 37.7. The van der Waals surface area contributed by atoms with Crippen LogP contribution < -0.4 is 0 Å². The second-order valence-electron chi connectivity index (χ2n) is 17.8. The molecule has 0 N–H and O–H groups in total. The van der Waals surface area contributed by atoms with Crippen molar-refractivity contribution in [3.63, 3.8) is 0 Å². The predicted octanol–water partition coefficient (Wildman–Crippen LogP) is 11.1. The fourth-order valence-electron chi connectivity index (χ4n) is 7.39. The summed E-state index contributed by atoms with van der Waals surface area (Å²) in [6.07, 6.45) is 22.3. The number of carbonyl (C=O) groups excluding carboxylic acids is 2. The average Bonchev–Trinajstić information content (AvgIpc) is 3.01. The summed E-state index contributed by atoms with van der Waals surface area (Å²) in [5, 5.41) is 0. The third-order valence-corrected chi connectivity index (χ3v) is 22.5. The fraction of sp³-hybridized carbons (Fsp3) is 0.950. The van der Waals surface area contributed by atoms with E-state index in [9.17, 15) is 9.59 Å². The summed E-state index contributed by atoms with van der Waals surface area (Å²) in [6, 6.07) is 2.42. The number of ether oxygens (including phenoxy) is 4. The van der Waals surface area contributed by atoms with Gasteiger partial charge in [-0.05, 0) is 77.1 Å². The van der Waals surface area contributed by atoms with Crippen molar-refractivity contribution in [2.24, 2.45) is 10.8 Å². The predicted molar refractivity (Wildman–Crippen MR) is 216 cm³/mol. The van der Waals surface area contributed by atoms with Gasteiger partial charge in [0.15, 0.2) is 16.6 Å². The molecule has 0 aliphatic carbocycles. The van der Waals surface area contributed by atoms with E-state index in [1.54, 1.807) is 0 Å². The van der Waals surface area contributed by atoms with Crippen LogP contribution in [-0.4, -0.2) is 76.8 Å². The smallest absolute Gasteiger partial charge is 0.311 e. The largest absolute Gasteiger partial charge is 0.465 e. The Balaban J connectivity index is 1.41. The SMILES string of the molecule is CCC1(COC(=O)CCCCCCCCCC[Si](C)(C)O[Si](C)(C)O[Si](C)(C)CCCCCCCCCCC(=O)OCC2(CC)COC2)COC1. The lowest BCUT2D eigenvalue weighted by Crippen LogP contribution is -2.52. The van der Waals surface area contributed by atoms with Crippen molar-refractivity contribution in [3.05, 3.63) is 0 Å². The van der Waals surface area contributed by atoms with Crippen LogP contribution in [0.1, 0.15) is 142 Å². The molecule has 300 valence electrons. The molecule has 2 aliphatic rings. The molecule has 2 rings (SSSR count). The van der Waals surface area contributed by atoms with Gasteiger partial charge >= 0.3 is 20.5 Å². The lowest BCUT2D eigenvalue weighted by atomic mass is 9.84. The lowest BCUT2D eigenvalue weighted by Gasteiger charge is -2.39. The van der Waals surface area contributed by atoms with Crippen LogP contribution in [0.3, 0.4) is 0 Å². The number of carbonyl (C=O) groups is 2. The van der Waals surface area contributed by atoms with Gasteiger partial charge in [-0.3, -0.25) is 9.59 Å². The molecule has 0 atom stereocenters. The molecule has 0 aromatic rings. The molecule has 2 aliphatic heterocycles. The molecule has 0 amide bonds. The molecular weight excluding hydrogens is 693 g/mol. The molecule has 2 saturated heterocycles. The Morgan fingerprint density at radius 1 is 0.490 bits per heavy atom. The van der Waals surface area contributed by atoms with E-state index in [-0.39, 0.29) is 22.8 Å². The van der Waals surface area contributed by atoms with Gasteiger partial charge in [0, 0.05) is 12.8 Å². The quantitative estimate of drug-likeness (QED) is 0.0379. The highest BCUT2D eigenvalue weighted by Crippen LogP contribution is 2.33. The van der Waals surface area contributed by atoms with Gasteiger partial charge in [0.05, 0.1) is 37.3 Å². The van der Waals surface area contributed by atoms with Gasteiger partial charge < -0.3 is 27.2 Å². The van der Waals surface area contributed by atoms with E-state index >= 15 is 0 Å². The molecule has 0 radical (unpaired) electrons. The summed E-state index contributed by atoms with van der Waals surface area (Å²) in [6.45, 7) is 22.3. The summed E-state index contributed by atoms with van der Waals surface area (Å²) in [4.78, 5) is 24.1. The van der Waals surface area contributed by atoms with Crippen LogP contribution in [0.2, 0.25) is 51.4 Å². The zero-order valence-electron chi connectivity index (χ0n) is 34.6. The van der Waals surface area contributed by atoms with Crippen LogP contribution in [0, 0.1) is 10.8 Å². The van der Waals surface area contributed by atoms with Gasteiger partial charge in [-0.15, -0.1) is 0 Å². The van der Waals surface area contributed by atoms with Crippen LogP contribution in [0.15, 0.2) is 0 Å². The average molecular weight is 773 g/mol. The first-order valence-corrected chi connectivity index (χ1v) is 30.1. The first-order valence-electron chi connectivity index (χ1n) is 21.0. The fourth-order valence-corrected chi connectivity index (χ4v) is 21.6. The summed E-state index contributed by atoms with van der Waals surface area (Å²) in [5.74, 6) is -0.0932. The number of esters is 2. The van der Waals surface area contributed by atoms with Gasteiger partial charge in [0.2, 0.25) is 0 Å². The van der Waals surface area contributed by atoms with E-state index in [4.69, 9.17) is 27.2 Å². The van der Waals surface area contributed by atoms with Crippen molar-refractivity contribution in [1.29, 1.82) is 0 Å². The van der Waals surface area contributed by atoms with Crippen molar-refractivity contribution < 1.29 is 36.8 Å². The second-order valence-corrected chi connectivity index (χ2v) is 30.3. The normalized spacial score (nSPS) is 17.1. The molecule has 0 unspecified atom stereocenters. The lowest BCUT2D eigenvalue weighted by molar-refractivity contribution is -0.171. The molecule has 0 bridgehead atoms. The number of hydrogen-bond acceptors (Lipinski definition) is 8. The molecule has 0 aromatic carbocycles. The standard InChI is InChI=1S/C40H80O8Si3/c1-9-39(31-43-32-39)35-45-37(41)27-23-19-15-11-13-17-21-25-29-49(3,4)47-51(7,8)48-50(5,6)30-26-22-18-14-12-16-20-24-28-38(42)46-36-40(10-2)33-44-34-40/h9-36H2,1-8H3. The zero-order valence-corrected chi connectivity index (χ0v) is 37.6. The third kappa shape index (κ3) is 20.6. The minimum absolute atomic E-state index is 0.0466. The Morgan fingerprint density at radius 3 is 1.06 bits per heavy atom. The molecule has 0 spiro atoms. The van der Waals surface area contributed by atoms with E-state index in [1.807, 2.05) is 0 Å². The second kappa shape index (κ2) is 24.1. The molecule has 51 heavy (non-hydrogen) atoms. The molecule has 11 heteroatoms. The molecule has 2 fully saturated rings. The van der Waals surface area contributed by atoms with E-state index in [1.165, 1.54) is 89.1 Å². The third-order valence-electron chi connectivity index (χ3n) is 11.1. The summed E-state index contributed by atoms with van der Waals surface area (Å²) in [7, 11) is -5.68. The van der Waals surface area contributed by atoms with Gasteiger partial charge in [-0.2, -0.15) is 0 Å². The Labute approximate surface area is 317 Å². The van der Waals surface area contributed by atoms with E-state index in [0.29, 0.717) is 26.1 Å². The monoisotopic (exact) mass is 773 g/mol. The van der Waals surface area contributed by atoms with Crippen LogP contribution in [-0.2, 0) is 36.8 Å². The Hall–Kier alpha value is -0.569. The molecule has 8 nitrogen and oxygen atoms in total. The van der Waals surface area contributed by atoms with Crippen LogP contribution in [0.5, 0.6) is 0 Å². The summed E-state index contributed by atoms with van der Waals surface area (Å²) < 4.78 is 35.4. The number of rotatable bonds is 32. The molecule has 0 saturated carbocycles. The summed E-state index contributed by atoms with van der Waals surface area (Å²) >= 11 is 0. The van der Waals surface area contributed by atoms with Gasteiger partial charge in [0.25, 0.3) is 0 Å². The topological polar surface area (TPSA) is 89.5 Å². The molecule has 0 aromatic heterocycles. The Bertz CT molecular complexity index is 880. The van der Waals surface area contributed by atoms with Crippen molar-refractivity contribution in [2.75, 3.05) is 39.6 Å². The van der Waals surface area contributed by atoms with Crippen molar-refractivity contribution in [3.8, 4) is 0 Å². The number of unbranched alkanes of at least 4 members (excludes halogenated alkanes) is 14. The van der Waals surface area contributed by atoms with Gasteiger partial charge in [-0.1, -0.05) is 104 Å². The van der Waals surface area contributed by atoms with Gasteiger partial charge in [-0.25, -0.2) is 0 Å². The van der Waals surface area contributed by atoms with Crippen LogP contribution in [0.4, 0.5) is 0 Å². The molecular formula is C40H80O8Si3. The highest BCUT2D eigenvalue weighted by Gasteiger charge is 2.40. The minimum atomic E-state index is -2.16. The highest BCUT2D eigenvalue weighted by atomic mass is 28.5. The number of hydrogen-bond donors (Lipinski definition) is 0. The maximum Gasteiger partial charge on any atom is 0.311 e. The first-order chi connectivity index (χ1) is 24.2. The van der Waals surface area contributed by atoms with Crippen LogP contribution in [0.25, 0.3) is 0 Å².